The summed E-state index contributed by atoms with van der Waals surface area (Å²) in [6, 6.07) is 3.28. The second-order valence-corrected chi connectivity index (χ2v) is 9.50. The first-order valence-electron chi connectivity index (χ1n) is 11.4. The molecule has 5 nitrogen and oxygen atoms in total. The minimum absolute atomic E-state index is 0.0311. The molecule has 0 bridgehead atoms. The lowest BCUT2D eigenvalue weighted by atomic mass is 9.97. The highest BCUT2D eigenvalue weighted by Crippen LogP contribution is 2.25. The first kappa shape index (κ1) is 23.0. The van der Waals surface area contributed by atoms with Crippen molar-refractivity contribution in [2.45, 2.75) is 58.2 Å². The average molecular weight is 431 g/mol. The van der Waals surface area contributed by atoms with Crippen LogP contribution in [-0.2, 0) is 6.54 Å². The van der Waals surface area contributed by atoms with Gasteiger partial charge in [-0.25, -0.2) is 4.79 Å². The zero-order valence-electron chi connectivity index (χ0n) is 18.7. The highest BCUT2D eigenvalue weighted by atomic mass is 32.1. The molecule has 1 aromatic heterocycles. The average Bonchev–Trinajstić information content (AvgIpc) is 3.18. The van der Waals surface area contributed by atoms with Gasteiger partial charge in [0.2, 0.25) is 0 Å². The number of amides is 2. The maximum absolute atomic E-state index is 12.6. The first-order chi connectivity index (χ1) is 14.6. The van der Waals surface area contributed by atoms with Gasteiger partial charge >= 0.3 is 6.03 Å². The van der Waals surface area contributed by atoms with Gasteiger partial charge in [-0.15, -0.1) is 17.9 Å². The normalized spacial score (nSPS) is 19.9. The molecule has 0 unspecified atom stereocenters. The van der Waals surface area contributed by atoms with Crippen LogP contribution in [0.3, 0.4) is 0 Å². The van der Waals surface area contributed by atoms with E-state index in [2.05, 4.69) is 46.1 Å². The van der Waals surface area contributed by atoms with Crippen LogP contribution in [0.1, 0.15) is 43.0 Å². The predicted octanol–water partition coefficient (Wildman–Crippen LogP) is 4.26. The van der Waals surface area contributed by atoms with Crippen LogP contribution in [0.4, 0.5) is 4.79 Å². The summed E-state index contributed by atoms with van der Waals surface area (Å²) in [6.45, 7) is 14.8. The highest BCUT2D eigenvalue weighted by molar-refractivity contribution is 7.10. The van der Waals surface area contributed by atoms with Crippen molar-refractivity contribution in [3.63, 3.8) is 0 Å². The summed E-state index contributed by atoms with van der Waals surface area (Å²) in [4.78, 5) is 21.4. The summed E-state index contributed by atoms with van der Waals surface area (Å²) >= 11 is 1.89. The van der Waals surface area contributed by atoms with E-state index in [0.29, 0.717) is 25.2 Å². The van der Waals surface area contributed by atoms with Crippen molar-refractivity contribution in [3.05, 3.63) is 46.7 Å². The monoisotopic (exact) mass is 430 g/mol. The third kappa shape index (κ3) is 6.19. The number of urea groups is 1. The van der Waals surface area contributed by atoms with E-state index in [-0.39, 0.29) is 6.03 Å². The quantitative estimate of drug-likeness (QED) is 0.627. The van der Waals surface area contributed by atoms with E-state index in [1.165, 1.54) is 36.4 Å². The van der Waals surface area contributed by atoms with Gasteiger partial charge in [0.25, 0.3) is 0 Å². The molecule has 0 saturated carbocycles. The van der Waals surface area contributed by atoms with Gasteiger partial charge in [-0.3, -0.25) is 4.90 Å². The Bertz CT molecular complexity index is 700. The number of hydrogen-bond donors (Lipinski definition) is 1. The third-order valence-corrected chi connectivity index (χ3v) is 7.55. The number of rotatable bonds is 8. The fourth-order valence-corrected chi connectivity index (χ4v) is 5.60. The molecule has 2 aliphatic heterocycles. The van der Waals surface area contributed by atoms with Crippen molar-refractivity contribution in [2.75, 3.05) is 39.3 Å². The zero-order valence-corrected chi connectivity index (χ0v) is 19.5. The van der Waals surface area contributed by atoms with Gasteiger partial charge in [0, 0.05) is 62.8 Å². The molecule has 0 aliphatic carbocycles. The van der Waals surface area contributed by atoms with Crippen LogP contribution in [0.25, 0.3) is 0 Å². The van der Waals surface area contributed by atoms with E-state index in [9.17, 15) is 4.79 Å². The Hall–Kier alpha value is -1.63. The number of hydrogen-bond acceptors (Lipinski definition) is 4. The van der Waals surface area contributed by atoms with Crippen LogP contribution in [-0.4, -0.2) is 72.1 Å². The molecule has 0 spiro atoms. The van der Waals surface area contributed by atoms with Crippen molar-refractivity contribution >= 4 is 17.4 Å². The van der Waals surface area contributed by atoms with Crippen molar-refractivity contribution in [3.8, 4) is 0 Å². The molecule has 1 aromatic rings. The number of aryl methyl sites for hydroxylation is 1. The zero-order chi connectivity index (χ0) is 21.3. The standard InChI is InChI=1S/C24H38N4OS/c1-4-6-13-28(24(29)25-12-5-2)22-9-16-27(17-10-22)21-7-14-26(15-8-21)19-23-20(3)11-18-30-23/h4-6,11,18,21-22H,2,7-10,12-17,19H2,1,3H3,(H,25,29)/b6-4-. The molecule has 2 aliphatic rings. The molecule has 0 aromatic carbocycles. The Labute approximate surface area is 186 Å². The molecule has 6 heteroatoms. The van der Waals surface area contributed by atoms with Crippen LogP contribution in [0.2, 0.25) is 0 Å². The van der Waals surface area contributed by atoms with Crippen LogP contribution >= 0.6 is 11.3 Å². The maximum Gasteiger partial charge on any atom is 0.318 e. The summed E-state index contributed by atoms with van der Waals surface area (Å²) in [6.07, 6.45) is 10.5. The largest absolute Gasteiger partial charge is 0.335 e. The minimum atomic E-state index is 0.0311. The molecular formula is C24H38N4OS. The Balaban J connectivity index is 1.45. The van der Waals surface area contributed by atoms with E-state index in [4.69, 9.17) is 0 Å². The van der Waals surface area contributed by atoms with E-state index >= 15 is 0 Å². The number of allylic oxidation sites excluding steroid dienone is 1. The van der Waals surface area contributed by atoms with E-state index in [1.54, 1.807) is 6.08 Å². The molecular weight excluding hydrogens is 392 g/mol. The number of nitrogens with one attached hydrogen (secondary N) is 1. The van der Waals surface area contributed by atoms with Crippen molar-refractivity contribution in [2.24, 2.45) is 0 Å². The minimum Gasteiger partial charge on any atom is -0.335 e. The van der Waals surface area contributed by atoms with Crippen LogP contribution in [0, 0.1) is 6.92 Å². The predicted molar refractivity (Wildman–Crippen MR) is 127 cm³/mol. The van der Waals surface area contributed by atoms with Gasteiger partial charge in [-0.1, -0.05) is 18.2 Å². The summed E-state index contributed by atoms with van der Waals surface area (Å²) in [5.74, 6) is 0. The second-order valence-electron chi connectivity index (χ2n) is 8.50. The summed E-state index contributed by atoms with van der Waals surface area (Å²) in [5, 5.41) is 5.16. The second kappa shape index (κ2) is 11.7. The van der Waals surface area contributed by atoms with Gasteiger partial charge in [-0.05, 0) is 56.5 Å². The molecule has 3 rings (SSSR count). The van der Waals surface area contributed by atoms with Crippen LogP contribution < -0.4 is 5.32 Å². The van der Waals surface area contributed by atoms with E-state index in [1.807, 2.05) is 29.2 Å². The molecule has 2 saturated heterocycles. The number of thiophene rings is 1. The lowest BCUT2D eigenvalue weighted by molar-refractivity contribution is 0.0641. The fraction of sp³-hybridized carbons (Fsp3) is 0.625. The number of nitrogens with zero attached hydrogens (tertiary/aromatic N) is 3. The summed E-state index contributed by atoms with van der Waals surface area (Å²) in [5.41, 5.74) is 1.43. The van der Waals surface area contributed by atoms with Crippen molar-refractivity contribution in [1.82, 2.24) is 20.0 Å². The number of carbonyl (C=O) groups excluding carboxylic acids is 1. The Morgan fingerprint density at radius 3 is 2.60 bits per heavy atom. The Kier molecular flexibility index (Phi) is 8.97. The fourth-order valence-electron chi connectivity index (χ4n) is 4.65. The van der Waals surface area contributed by atoms with Crippen LogP contribution in [0.5, 0.6) is 0 Å². The van der Waals surface area contributed by atoms with Crippen molar-refractivity contribution in [1.29, 1.82) is 0 Å². The molecule has 0 atom stereocenters. The third-order valence-electron chi connectivity index (χ3n) is 6.55. The van der Waals surface area contributed by atoms with Gasteiger partial charge < -0.3 is 15.1 Å². The maximum atomic E-state index is 12.6. The molecule has 2 amide bonds. The topological polar surface area (TPSA) is 38.8 Å². The number of carbonyl (C=O) groups is 1. The van der Waals surface area contributed by atoms with Gasteiger partial charge in [0.05, 0.1) is 0 Å². The Morgan fingerprint density at radius 1 is 1.27 bits per heavy atom. The molecule has 166 valence electrons. The van der Waals surface area contributed by atoms with E-state index < -0.39 is 0 Å². The molecule has 0 radical (unpaired) electrons. The summed E-state index contributed by atoms with van der Waals surface area (Å²) in [7, 11) is 0. The van der Waals surface area contributed by atoms with E-state index in [0.717, 1.165) is 32.5 Å². The Morgan fingerprint density at radius 2 is 2.00 bits per heavy atom. The SMILES string of the molecule is C=CCNC(=O)N(C/C=C\C)C1CCN(C2CCN(Cc3sccc3C)CC2)CC1. The molecule has 1 N–H and O–H groups in total. The van der Waals surface area contributed by atoms with Gasteiger partial charge in [-0.2, -0.15) is 0 Å². The first-order valence-corrected chi connectivity index (χ1v) is 12.3. The lowest BCUT2D eigenvalue weighted by Gasteiger charge is -2.43. The van der Waals surface area contributed by atoms with Gasteiger partial charge in [0.1, 0.15) is 0 Å². The number of piperidine rings is 2. The van der Waals surface area contributed by atoms with Crippen molar-refractivity contribution < 1.29 is 4.79 Å². The molecule has 3 heterocycles. The summed E-state index contributed by atoms with van der Waals surface area (Å²) < 4.78 is 0. The number of likely N-dealkylation sites (tertiary alicyclic amines) is 2. The lowest BCUT2D eigenvalue weighted by Crippen LogP contribution is -2.53. The van der Waals surface area contributed by atoms with Gasteiger partial charge in [0.15, 0.2) is 0 Å². The molecule has 2 fully saturated rings. The molecule has 30 heavy (non-hydrogen) atoms. The highest BCUT2D eigenvalue weighted by Gasteiger charge is 2.31. The van der Waals surface area contributed by atoms with Crippen LogP contribution in [0.15, 0.2) is 36.3 Å². The smallest absolute Gasteiger partial charge is 0.318 e.